The number of nitrogens with one attached hydrogen (secondary N) is 1. The summed E-state index contributed by atoms with van der Waals surface area (Å²) in [6.45, 7) is 4.38. The summed E-state index contributed by atoms with van der Waals surface area (Å²) in [5, 5.41) is 3.44. The lowest BCUT2D eigenvalue weighted by atomic mass is 10.1. The van der Waals surface area contributed by atoms with Crippen molar-refractivity contribution in [2.75, 3.05) is 16.8 Å². The van der Waals surface area contributed by atoms with E-state index in [1.807, 2.05) is 37.3 Å². The molecule has 1 N–H and O–H groups in total. The third-order valence-corrected chi connectivity index (χ3v) is 5.87. The van der Waals surface area contributed by atoms with Gasteiger partial charge in [0.15, 0.2) is 0 Å². The topological polar surface area (TPSA) is 49.4 Å². The number of amides is 2. The minimum absolute atomic E-state index is 0.0278. The molecule has 2 aromatic carbocycles. The fraction of sp³-hybridized carbons (Fsp3) is 0.300. The summed E-state index contributed by atoms with van der Waals surface area (Å²) >= 11 is 9.49. The zero-order valence-electron chi connectivity index (χ0n) is 14.7. The maximum Gasteiger partial charge on any atom is 0.229 e. The summed E-state index contributed by atoms with van der Waals surface area (Å²) in [7, 11) is 0. The molecule has 0 bridgehead atoms. The Labute approximate surface area is 166 Å². The lowest BCUT2D eigenvalue weighted by Gasteiger charge is -2.17. The molecule has 2 aromatic rings. The number of halogens is 2. The summed E-state index contributed by atoms with van der Waals surface area (Å²) < 4.78 is 0.785. The monoisotopic (exact) mass is 434 g/mol. The van der Waals surface area contributed by atoms with Crippen molar-refractivity contribution in [3.63, 3.8) is 0 Å². The Morgan fingerprint density at radius 1 is 1.31 bits per heavy atom. The molecule has 1 fully saturated rings. The molecule has 1 aliphatic heterocycles. The van der Waals surface area contributed by atoms with E-state index in [1.165, 1.54) is 5.56 Å². The van der Waals surface area contributed by atoms with E-state index in [1.54, 1.807) is 11.0 Å². The molecule has 0 saturated carbocycles. The molecule has 4 nitrogen and oxygen atoms in total. The highest BCUT2D eigenvalue weighted by atomic mass is 79.9. The molecule has 1 saturated heterocycles. The minimum atomic E-state index is -0.379. The molecule has 0 spiro atoms. The van der Waals surface area contributed by atoms with Gasteiger partial charge in [0.05, 0.1) is 10.9 Å². The van der Waals surface area contributed by atoms with Crippen LogP contribution >= 0.6 is 27.5 Å². The number of carbonyl (C=O) groups excluding carboxylic acids is 2. The highest BCUT2D eigenvalue weighted by Gasteiger charge is 2.35. The maximum absolute atomic E-state index is 12.6. The van der Waals surface area contributed by atoms with Gasteiger partial charge in [-0.25, -0.2) is 0 Å². The average molecular weight is 436 g/mol. The molecule has 2 amide bonds. The van der Waals surface area contributed by atoms with Crippen LogP contribution in [-0.2, 0) is 16.0 Å². The Bertz CT molecular complexity index is 852. The molecule has 6 heteroatoms. The van der Waals surface area contributed by atoms with E-state index in [-0.39, 0.29) is 24.2 Å². The Hall–Kier alpha value is -1.85. The van der Waals surface area contributed by atoms with Crippen LogP contribution in [0.5, 0.6) is 0 Å². The van der Waals surface area contributed by atoms with Crippen LogP contribution in [0.4, 0.5) is 11.4 Å². The summed E-state index contributed by atoms with van der Waals surface area (Å²) in [5.41, 5.74) is 3.63. The fourth-order valence-electron chi connectivity index (χ4n) is 3.06. The standard InChI is InChI=1S/C20H20BrClN2O2/c1-3-13-4-6-15(7-5-13)24-11-14(9-19(24)25)20(26)23-18-10-17(22)16(21)8-12(18)2/h4-8,10,14H,3,9,11H2,1-2H3,(H,23,26)/t14-/m0/s1. The normalized spacial score (nSPS) is 16.8. The molecular weight excluding hydrogens is 416 g/mol. The number of aryl methyl sites for hydroxylation is 2. The highest BCUT2D eigenvalue weighted by molar-refractivity contribution is 9.10. The van der Waals surface area contributed by atoms with Crippen molar-refractivity contribution >= 4 is 50.7 Å². The number of rotatable bonds is 4. The van der Waals surface area contributed by atoms with Crippen molar-refractivity contribution in [1.82, 2.24) is 0 Å². The SMILES string of the molecule is CCc1ccc(N2C[C@@H](C(=O)Nc3cc(Cl)c(Br)cc3C)CC2=O)cc1. The molecular formula is C20H20BrClN2O2. The van der Waals surface area contributed by atoms with Crippen LogP contribution < -0.4 is 10.2 Å². The lowest BCUT2D eigenvalue weighted by Crippen LogP contribution is -2.28. The van der Waals surface area contributed by atoms with Crippen LogP contribution in [0.1, 0.15) is 24.5 Å². The van der Waals surface area contributed by atoms with Crippen LogP contribution in [0, 0.1) is 12.8 Å². The molecule has 0 aromatic heterocycles. The number of hydrogen-bond acceptors (Lipinski definition) is 2. The lowest BCUT2D eigenvalue weighted by molar-refractivity contribution is -0.122. The first-order chi connectivity index (χ1) is 12.4. The van der Waals surface area contributed by atoms with Crippen molar-refractivity contribution in [3.8, 4) is 0 Å². The quantitative estimate of drug-likeness (QED) is 0.737. The molecule has 136 valence electrons. The summed E-state index contributed by atoms with van der Waals surface area (Å²) in [5.74, 6) is -0.567. The molecule has 0 aliphatic carbocycles. The van der Waals surface area contributed by atoms with E-state index in [0.717, 1.165) is 22.1 Å². The smallest absolute Gasteiger partial charge is 0.229 e. The predicted molar refractivity (Wildman–Crippen MR) is 109 cm³/mol. The van der Waals surface area contributed by atoms with E-state index in [9.17, 15) is 9.59 Å². The first kappa shape index (κ1) is 18.9. The average Bonchev–Trinajstić information content (AvgIpc) is 3.01. The van der Waals surface area contributed by atoms with Crippen LogP contribution in [0.25, 0.3) is 0 Å². The molecule has 3 rings (SSSR count). The van der Waals surface area contributed by atoms with Gasteiger partial charge in [-0.3, -0.25) is 9.59 Å². The maximum atomic E-state index is 12.6. The van der Waals surface area contributed by atoms with Gasteiger partial charge in [-0.1, -0.05) is 30.7 Å². The van der Waals surface area contributed by atoms with Gasteiger partial charge in [-0.15, -0.1) is 0 Å². The van der Waals surface area contributed by atoms with Gasteiger partial charge >= 0.3 is 0 Å². The second kappa shape index (κ2) is 7.80. The second-order valence-electron chi connectivity index (χ2n) is 6.50. The van der Waals surface area contributed by atoms with E-state index in [0.29, 0.717) is 17.3 Å². The zero-order chi connectivity index (χ0) is 18.8. The number of benzene rings is 2. The van der Waals surface area contributed by atoms with Crippen molar-refractivity contribution in [1.29, 1.82) is 0 Å². The highest BCUT2D eigenvalue weighted by Crippen LogP contribution is 2.31. The first-order valence-electron chi connectivity index (χ1n) is 8.55. The Kier molecular flexibility index (Phi) is 5.68. The van der Waals surface area contributed by atoms with Crippen LogP contribution in [0.2, 0.25) is 5.02 Å². The molecule has 1 heterocycles. The predicted octanol–water partition coefficient (Wildman–Crippen LogP) is 4.96. The second-order valence-corrected chi connectivity index (χ2v) is 7.76. The van der Waals surface area contributed by atoms with Gasteiger partial charge in [0.25, 0.3) is 0 Å². The van der Waals surface area contributed by atoms with Crippen LogP contribution in [0.15, 0.2) is 40.9 Å². The Morgan fingerprint density at radius 3 is 2.65 bits per heavy atom. The van der Waals surface area contributed by atoms with E-state index in [2.05, 4.69) is 28.2 Å². The van der Waals surface area contributed by atoms with Gasteiger partial charge in [0.2, 0.25) is 11.8 Å². The largest absolute Gasteiger partial charge is 0.325 e. The van der Waals surface area contributed by atoms with E-state index >= 15 is 0 Å². The zero-order valence-corrected chi connectivity index (χ0v) is 17.0. The number of hydrogen-bond donors (Lipinski definition) is 1. The summed E-state index contributed by atoms with van der Waals surface area (Å²) in [6, 6.07) is 11.5. The van der Waals surface area contributed by atoms with Gasteiger partial charge in [-0.2, -0.15) is 0 Å². The number of anilines is 2. The van der Waals surface area contributed by atoms with Gasteiger partial charge < -0.3 is 10.2 Å². The van der Waals surface area contributed by atoms with E-state index in [4.69, 9.17) is 11.6 Å². The summed E-state index contributed by atoms with van der Waals surface area (Å²) in [4.78, 5) is 26.7. The molecule has 0 radical (unpaired) electrons. The van der Waals surface area contributed by atoms with Gasteiger partial charge in [0, 0.05) is 28.8 Å². The Morgan fingerprint density at radius 2 is 2.00 bits per heavy atom. The third kappa shape index (κ3) is 3.94. The Balaban J connectivity index is 1.71. The van der Waals surface area contributed by atoms with Crippen molar-refractivity contribution in [3.05, 3.63) is 57.0 Å². The molecule has 1 atom stereocenters. The number of nitrogens with zero attached hydrogens (tertiary/aromatic N) is 1. The van der Waals surface area contributed by atoms with Crippen LogP contribution in [-0.4, -0.2) is 18.4 Å². The number of carbonyl (C=O) groups is 2. The summed E-state index contributed by atoms with van der Waals surface area (Å²) in [6.07, 6.45) is 1.17. The van der Waals surface area contributed by atoms with Crippen molar-refractivity contribution in [2.24, 2.45) is 5.92 Å². The molecule has 26 heavy (non-hydrogen) atoms. The first-order valence-corrected chi connectivity index (χ1v) is 9.72. The fourth-order valence-corrected chi connectivity index (χ4v) is 3.68. The van der Waals surface area contributed by atoms with Crippen LogP contribution in [0.3, 0.4) is 0 Å². The van der Waals surface area contributed by atoms with Gasteiger partial charge in [0.1, 0.15) is 0 Å². The molecule has 0 unspecified atom stereocenters. The van der Waals surface area contributed by atoms with Gasteiger partial charge in [-0.05, 0) is 64.7 Å². The van der Waals surface area contributed by atoms with Crippen molar-refractivity contribution in [2.45, 2.75) is 26.7 Å². The third-order valence-electron chi connectivity index (χ3n) is 4.68. The van der Waals surface area contributed by atoms with Crippen molar-refractivity contribution < 1.29 is 9.59 Å². The molecule has 1 aliphatic rings. The minimum Gasteiger partial charge on any atom is -0.325 e. The van der Waals surface area contributed by atoms with E-state index < -0.39 is 0 Å².